The van der Waals surface area contributed by atoms with Gasteiger partial charge in [-0.3, -0.25) is 9.59 Å². The largest absolute Gasteiger partial charge is 0.385 e. The predicted molar refractivity (Wildman–Crippen MR) is 80.8 cm³/mol. The van der Waals surface area contributed by atoms with Crippen LogP contribution in [0.3, 0.4) is 0 Å². The molecular formula is C16H28N2O3. The molecule has 120 valence electrons. The standard InChI is InChI=1S/C16H28N2O3/c1-12-14(19)17-9-6-5-7-13(17)15(20)18(12)11-16(2,3)8-10-21-4/h12-13H,5-11H2,1-4H3. The van der Waals surface area contributed by atoms with Gasteiger partial charge in [0, 0.05) is 26.8 Å². The molecule has 0 spiro atoms. The molecule has 0 bridgehead atoms. The van der Waals surface area contributed by atoms with E-state index >= 15 is 0 Å². The SMILES string of the molecule is COCCC(C)(C)CN1C(=O)C2CCCCN2C(=O)C1C. The normalized spacial score (nSPS) is 27.0. The zero-order chi connectivity index (χ0) is 15.6. The molecule has 5 heteroatoms. The van der Waals surface area contributed by atoms with Crippen LogP contribution in [0.4, 0.5) is 0 Å². The second-order valence-corrected chi connectivity index (χ2v) is 7.09. The molecule has 0 aromatic carbocycles. The van der Waals surface area contributed by atoms with Crippen molar-refractivity contribution in [2.24, 2.45) is 5.41 Å². The van der Waals surface area contributed by atoms with E-state index in [0.717, 1.165) is 32.2 Å². The third-order valence-electron chi connectivity index (χ3n) is 4.76. The molecule has 0 saturated carbocycles. The van der Waals surface area contributed by atoms with Gasteiger partial charge in [0.2, 0.25) is 11.8 Å². The lowest BCUT2D eigenvalue weighted by Gasteiger charge is -2.48. The van der Waals surface area contributed by atoms with Crippen molar-refractivity contribution in [3.63, 3.8) is 0 Å². The van der Waals surface area contributed by atoms with Crippen molar-refractivity contribution in [2.75, 3.05) is 26.8 Å². The first kappa shape index (κ1) is 16.3. The number of carbonyl (C=O) groups excluding carboxylic acids is 2. The lowest BCUT2D eigenvalue weighted by molar-refractivity contribution is -0.164. The molecule has 2 saturated heterocycles. The fourth-order valence-corrected chi connectivity index (χ4v) is 3.34. The van der Waals surface area contributed by atoms with Crippen molar-refractivity contribution < 1.29 is 14.3 Å². The van der Waals surface area contributed by atoms with Gasteiger partial charge in [-0.15, -0.1) is 0 Å². The molecular weight excluding hydrogens is 268 g/mol. The number of piperidine rings is 1. The van der Waals surface area contributed by atoms with E-state index in [1.54, 1.807) is 16.9 Å². The Balaban J connectivity index is 2.11. The Morgan fingerprint density at radius 1 is 1.24 bits per heavy atom. The highest BCUT2D eigenvalue weighted by atomic mass is 16.5. The van der Waals surface area contributed by atoms with Crippen LogP contribution >= 0.6 is 0 Å². The van der Waals surface area contributed by atoms with Crippen molar-refractivity contribution in [1.82, 2.24) is 9.80 Å². The Morgan fingerprint density at radius 2 is 1.95 bits per heavy atom. The van der Waals surface area contributed by atoms with E-state index < -0.39 is 0 Å². The zero-order valence-corrected chi connectivity index (χ0v) is 13.7. The molecule has 2 aliphatic rings. The molecule has 2 fully saturated rings. The van der Waals surface area contributed by atoms with Crippen LogP contribution in [0.5, 0.6) is 0 Å². The van der Waals surface area contributed by atoms with Crippen molar-refractivity contribution in [3.8, 4) is 0 Å². The van der Waals surface area contributed by atoms with Gasteiger partial charge >= 0.3 is 0 Å². The highest BCUT2D eigenvalue weighted by Crippen LogP contribution is 2.30. The summed E-state index contributed by atoms with van der Waals surface area (Å²) in [6, 6.07) is -0.561. The number of nitrogens with zero attached hydrogens (tertiary/aromatic N) is 2. The summed E-state index contributed by atoms with van der Waals surface area (Å²) in [7, 11) is 1.69. The van der Waals surface area contributed by atoms with Crippen LogP contribution in [-0.2, 0) is 14.3 Å². The minimum atomic E-state index is -0.339. The van der Waals surface area contributed by atoms with Crippen LogP contribution in [0.25, 0.3) is 0 Å². The molecule has 21 heavy (non-hydrogen) atoms. The van der Waals surface area contributed by atoms with E-state index in [1.807, 2.05) is 6.92 Å². The van der Waals surface area contributed by atoms with Gasteiger partial charge in [0.15, 0.2) is 0 Å². The quantitative estimate of drug-likeness (QED) is 0.775. The van der Waals surface area contributed by atoms with E-state index in [9.17, 15) is 9.59 Å². The third kappa shape index (κ3) is 3.39. The molecule has 0 aromatic rings. The minimum absolute atomic E-state index is 0.0446. The number of amides is 2. The smallest absolute Gasteiger partial charge is 0.246 e. The number of methoxy groups -OCH3 is 1. The molecule has 2 heterocycles. The van der Waals surface area contributed by atoms with Crippen molar-refractivity contribution in [3.05, 3.63) is 0 Å². The predicted octanol–water partition coefficient (Wildman–Crippen LogP) is 1.66. The Bertz CT molecular complexity index is 408. The molecule has 2 atom stereocenters. The molecule has 2 rings (SSSR count). The number of carbonyl (C=O) groups is 2. The first-order chi connectivity index (χ1) is 9.87. The molecule has 0 N–H and O–H groups in total. The van der Waals surface area contributed by atoms with Crippen LogP contribution in [-0.4, -0.2) is 60.5 Å². The summed E-state index contributed by atoms with van der Waals surface area (Å²) in [6.45, 7) is 8.14. The number of ether oxygens (including phenoxy) is 1. The van der Waals surface area contributed by atoms with E-state index in [0.29, 0.717) is 13.2 Å². The molecule has 2 amide bonds. The monoisotopic (exact) mass is 296 g/mol. The lowest BCUT2D eigenvalue weighted by Crippen LogP contribution is -2.66. The van der Waals surface area contributed by atoms with Crippen LogP contribution in [0.15, 0.2) is 0 Å². The fourth-order valence-electron chi connectivity index (χ4n) is 3.34. The Hall–Kier alpha value is -1.10. The fraction of sp³-hybridized carbons (Fsp3) is 0.875. The van der Waals surface area contributed by atoms with Crippen molar-refractivity contribution in [1.29, 1.82) is 0 Å². The van der Waals surface area contributed by atoms with Crippen molar-refractivity contribution >= 4 is 11.8 Å². The van der Waals surface area contributed by atoms with Gasteiger partial charge in [-0.25, -0.2) is 0 Å². The maximum atomic E-state index is 12.8. The summed E-state index contributed by atoms with van der Waals surface area (Å²) in [4.78, 5) is 28.9. The van der Waals surface area contributed by atoms with Crippen LogP contribution in [0.2, 0.25) is 0 Å². The summed E-state index contributed by atoms with van der Waals surface area (Å²) in [5.74, 6) is 0.245. The average molecular weight is 296 g/mol. The molecule has 0 aromatic heterocycles. The maximum absolute atomic E-state index is 12.8. The van der Waals surface area contributed by atoms with E-state index in [-0.39, 0.29) is 29.3 Å². The summed E-state index contributed by atoms with van der Waals surface area (Å²) in [5, 5.41) is 0. The van der Waals surface area contributed by atoms with Gasteiger partial charge in [0.05, 0.1) is 0 Å². The van der Waals surface area contributed by atoms with E-state index in [2.05, 4.69) is 13.8 Å². The maximum Gasteiger partial charge on any atom is 0.246 e. The van der Waals surface area contributed by atoms with Gasteiger partial charge in [-0.05, 0) is 38.0 Å². The van der Waals surface area contributed by atoms with E-state index in [1.165, 1.54) is 0 Å². The number of rotatable bonds is 5. The molecule has 2 unspecified atom stereocenters. The van der Waals surface area contributed by atoms with Gasteiger partial charge in [-0.2, -0.15) is 0 Å². The van der Waals surface area contributed by atoms with Crippen LogP contribution in [0.1, 0.15) is 46.5 Å². The second-order valence-electron chi connectivity index (χ2n) is 7.09. The summed E-state index contributed by atoms with van der Waals surface area (Å²) >= 11 is 0. The Kier molecular flexibility index (Phi) is 4.91. The van der Waals surface area contributed by atoms with Crippen LogP contribution < -0.4 is 0 Å². The number of hydrogen-bond donors (Lipinski definition) is 0. The first-order valence-electron chi connectivity index (χ1n) is 7.97. The van der Waals surface area contributed by atoms with E-state index in [4.69, 9.17) is 4.74 Å². The topological polar surface area (TPSA) is 49.9 Å². The van der Waals surface area contributed by atoms with Gasteiger partial charge in [0.25, 0.3) is 0 Å². The number of hydrogen-bond acceptors (Lipinski definition) is 3. The molecule has 0 radical (unpaired) electrons. The van der Waals surface area contributed by atoms with Crippen LogP contribution in [0, 0.1) is 5.41 Å². The van der Waals surface area contributed by atoms with Gasteiger partial charge in [-0.1, -0.05) is 13.8 Å². The molecule has 0 aliphatic carbocycles. The Morgan fingerprint density at radius 3 is 2.62 bits per heavy atom. The lowest BCUT2D eigenvalue weighted by atomic mass is 9.87. The Labute approximate surface area is 127 Å². The zero-order valence-electron chi connectivity index (χ0n) is 13.7. The summed E-state index contributed by atoms with van der Waals surface area (Å²) in [6.07, 6.45) is 3.74. The molecule has 2 aliphatic heterocycles. The summed E-state index contributed by atoms with van der Waals surface area (Å²) < 4.78 is 5.15. The highest BCUT2D eigenvalue weighted by molar-refractivity contribution is 5.96. The van der Waals surface area contributed by atoms with Crippen molar-refractivity contribution in [2.45, 2.75) is 58.5 Å². The number of fused-ring (bicyclic) bond motifs is 1. The van der Waals surface area contributed by atoms with Gasteiger partial charge in [0.1, 0.15) is 12.1 Å². The number of piperazine rings is 1. The minimum Gasteiger partial charge on any atom is -0.385 e. The average Bonchev–Trinajstić information content (AvgIpc) is 2.47. The first-order valence-corrected chi connectivity index (χ1v) is 7.97. The third-order valence-corrected chi connectivity index (χ3v) is 4.76. The van der Waals surface area contributed by atoms with Gasteiger partial charge < -0.3 is 14.5 Å². The molecule has 5 nitrogen and oxygen atoms in total. The highest BCUT2D eigenvalue weighted by Gasteiger charge is 2.45. The summed E-state index contributed by atoms with van der Waals surface area (Å²) in [5.41, 5.74) is -0.0446. The second kappa shape index (κ2) is 6.34.